The highest BCUT2D eigenvalue weighted by atomic mass is 32.1. The lowest BCUT2D eigenvalue weighted by Gasteiger charge is -2.07. The molecule has 0 aliphatic carbocycles. The van der Waals surface area contributed by atoms with Crippen molar-refractivity contribution in [3.63, 3.8) is 0 Å². The highest BCUT2D eigenvalue weighted by molar-refractivity contribution is 7.09. The molecule has 0 fully saturated rings. The van der Waals surface area contributed by atoms with E-state index in [0.29, 0.717) is 12.2 Å². The molecule has 0 atom stereocenters. The predicted octanol–water partition coefficient (Wildman–Crippen LogP) is 2.02. The summed E-state index contributed by atoms with van der Waals surface area (Å²) in [5, 5.41) is 16.5. The van der Waals surface area contributed by atoms with Crippen LogP contribution in [0.25, 0.3) is 0 Å². The van der Waals surface area contributed by atoms with Crippen LogP contribution in [-0.4, -0.2) is 22.9 Å². The molecule has 0 aliphatic heterocycles. The van der Waals surface area contributed by atoms with Crippen molar-refractivity contribution in [2.45, 2.75) is 6.54 Å². The zero-order valence-electron chi connectivity index (χ0n) is 10.6. The third kappa shape index (κ3) is 3.09. The molecule has 8 heteroatoms. The van der Waals surface area contributed by atoms with Gasteiger partial charge in [0.25, 0.3) is 11.6 Å². The van der Waals surface area contributed by atoms with Crippen molar-refractivity contribution in [1.29, 1.82) is 0 Å². The lowest BCUT2D eigenvalue weighted by molar-refractivity contribution is -0.384. The van der Waals surface area contributed by atoms with E-state index in [-0.39, 0.29) is 17.2 Å². The van der Waals surface area contributed by atoms with Crippen LogP contribution in [0.1, 0.15) is 15.2 Å². The monoisotopic (exact) mass is 292 g/mol. The first kappa shape index (κ1) is 13.9. The second kappa shape index (κ2) is 6.11. The molecule has 1 aromatic carbocycles. The van der Waals surface area contributed by atoms with Crippen LogP contribution in [0, 0.1) is 10.1 Å². The third-order valence-electron chi connectivity index (χ3n) is 2.62. The van der Waals surface area contributed by atoms with E-state index in [9.17, 15) is 14.9 Å². The molecule has 104 valence electrons. The highest BCUT2D eigenvalue weighted by Gasteiger charge is 2.17. The fraction of sp³-hybridized carbons (Fsp3) is 0.167. The number of amides is 1. The molecule has 0 spiro atoms. The number of anilines is 1. The number of rotatable bonds is 5. The molecule has 2 rings (SSSR count). The Morgan fingerprint density at radius 2 is 2.30 bits per heavy atom. The SMILES string of the molecule is CNC(=O)c1ccc(NCc2cncs2)c([N+](=O)[O-])c1. The standard InChI is InChI=1S/C12H12N4O3S/c1-13-12(17)8-2-3-10(11(4-8)16(18)19)15-6-9-5-14-7-20-9/h2-5,7,15H,6H2,1H3,(H,13,17). The number of carbonyl (C=O) groups excluding carboxylic acids is 1. The third-order valence-corrected chi connectivity index (χ3v) is 3.40. The van der Waals surface area contributed by atoms with E-state index in [1.165, 1.54) is 30.5 Å². The number of benzene rings is 1. The van der Waals surface area contributed by atoms with Crippen LogP contribution >= 0.6 is 11.3 Å². The van der Waals surface area contributed by atoms with E-state index < -0.39 is 4.92 Å². The summed E-state index contributed by atoms with van der Waals surface area (Å²) < 4.78 is 0. The van der Waals surface area contributed by atoms with Gasteiger partial charge in [-0.25, -0.2) is 0 Å². The van der Waals surface area contributed by atoms with Crippen molar-refractivity contribution in [3.8, 4) is 0 Å². The van der Waals surface area contributed by atoms with Crippen molar-refractivity contribution in [2.24, 2.45) is 0 Å². The Labute approximate surface area is 118 Å². The zero-order chi connectivity index (χ0) is 14.5. The number of nitrogens with one attached hydrogen (secondary N) is 2. The van der Waals surface area contributed by atoms with Crippen molar-refractivity contribution in [1.82, 2.24) is 10.3 Å². The molecule has 2 N–H and O–H groups in total. The summed E-state index contributed by atoms with van der Waals surface area (Å²) in [6, 6.07) is 4.33. The Morgan fingerprint density at radius 1 is 1.50 bits per heavy atom. The van der Waals surface area contributed by atoms with Crippen LogP contribution in [-0.2, 0) is 6.54 Å². The van der Waals surface area contributed by atoms with Crippen molar-refractivity contribution in [2.75, 3.05) is 12.4 Å². The smallest absolute Gasteiger partial charge is 0.293 e. The molecule has 1 heterocycles. The van der Waals surface area contributed by atoms with Gasteiger partial charge in [-0.3, -0.25) is 19.9 Å². The number of thiazole rings is 1. The number of carbonyl (C=O) groups is 1. The molecule has 7 nitrogen and oxygen atoms in total. The highest BCUT2D eigenvalue weighted by Crippen LogP contribution is 2.26. The minimum Gasteiger partial charge on any atom is -0.375 e. The first-order valence-corrected chi connectivity index (χ1v) is 6.61. The van der Waals surface area contributed by atoms with Gasteiger partial charge in [-0.1, -0.05) is 0 Å². The van der Waals surface area contributed by atoms with Crippen molar-refractivity contribution >= 4 is 28.6 Å². The van der Waals surface area contributed by atoms with Crippen LogP contribution in [0.5, 0.6) is 0 Å². The Kier molecular flexibility index (Phi) is 4.26. The number of hydrogen-bond donors (Lipinski definition) is 2. The van der Waals surface area contributed by atoms with Gasteiger partial charge in [-0.15, -0.1) is 11.3 Å². The normalized spacial score (nSPS) is 10.1. The van der Waals surface area contributed by atoms with E-state index in [0.717, 1.165) is 4.88 Å². The Hall–Kier alpha value is -2.48. The summed E-state index contributed by atoms with van der Waals surface area (Å²) >= 11 is 1.46. The fourth-order valence-corrected chi connectivity index (χ4v) is 2.16. The van der Waals surface area contributed by atoms with Gasteiger partial charge in [-0.2, -0.15) is 0 Å². The number of hydrogen-bond acceptors (Lipinski definition) is 6. The van der Waals surface area contributed by atoms with E-state index in [1.807, 2.05) is 0 Å². The summed E-state index contributed by atoms with van der Waals surface area (Å²) in [5.74, 6) is -0.359. The number of nitro benzene ring substituents is 1. The number of aromatic nitrogens is 1. The number of nitro groups is 1. The molecule has 0 unspecified atom stereocenters. The molecule has 0 radical (unpaired) electrons. The zero-order valence-corrected chi connectivity index (χ0v) is 11.4. The topological polar surface area (TPSA) is 97.2 Å². The Balaban J connectivity index is 2.23. The summed E-state index contributed by atoms with van der Waals surface area (Å²) in [6.45, 7) is 0.449. The average molecular weight is 292 g/mol. The van der Waals surface area contributed by atoms with Crippen LogP contribution < -0.4 is 10.6 Å². The fourth-order valence-electron chi connectivity index (χ4n) is 1.63. The molecule has 1 aromatic heterocycles. The first-order valence-electron chi connectivity index (χ1n) is 5.73. The minimum absolute atomic E-state index is 0.129. The van der Waals surface area contributed by atoms with E-state index in [2.05, 4.69) is 15.6 Å². The largest absolute Gasteiger partial charge is 0.375 e. The molecule has 0 aliphatic rings. The van der Waals surface area contributed by atoms with Gasteiger partial charge < -0.3 is 10.6 Å². The summed E-state index contributed by atoms with van der Waals surface area (Å²) in [7, 11) is 1.48. The molecular formula is C12H12N4O3S. The van der Waals surface area contributed by atoms with Crippen LogP contribution in [0.3, 0.4) is 0 Å². The summed E-state index contributed by atoms with van der Waals surface area (Å²) in [5.41, 5.74) is 2.19. The maximum Gasteiger partial charge on any atom is 0.293 e. The molecule has 2 aromatic rings. The molecule has 20 heavy (non-hydrogen) atoms. The van der Waals surface area contributed by atoms with Gasteiger partial charge in [0.15, 0.2) is 0 Å². The second-order valence-electron chi connectivity index (χ2n) is 3.89. The first-order chi connectivity index (χ1) is 9.61. The Bertz CT molecular complexity index is 628. The minimum atomic E-state index is -0.512. The maximum atomic E-state index is 11.5. The second-order valence-corrected chi connectivity index (χ2v) is 4.86. The lowest BCUT2D eigenvalue weighted by Crippen LogP contribution is -2.18. The van der Waals surface area contributed by atoms with E-state index >= 15 is 0 Å². The predicted molar refractivity (Wildman–Crippen MR) is 75.9 cm³/mol. The van der Waals surface area contributed by atoms with Gasteiger partial charge in [0.1, 0.15) is 5.69 Å². The Morgan fingerprint density at radius 3 is 2.90 bits per heavy atom. The van der Waals surface area contributed by atoms with Crippen LogP contribution in [0.2, 0.25) is 0 Å². The lowest BCUT2D eigenvalue weighted by atomic mass is 10.1. The quantitative estimate of drug-likeness (QED) is 0.649. The van der Waals surface area contributed by atoms with Crippen molar-refractivity contribution in [3.05, 3.63) is 50.5 Å². The average Bonchev–Trinajstić information content (AvgIpc) is 2.97. The summed E-state index contributed by atoms with van der Waals surface area (Å²) in [6.07, 6.45) is 1.70. The van der Waals surface area contributed by atoms with Crippen LogP contribution in [0.15, 0.2) is 29.9 Å². The molecule has 0 bridgehead atoms. The van der Waals surface area contributed by atoms with E-state index in [1.54, 1.807) is 17.8 Å². The maximum absolute atomic E-state index is 11.5. The molecular weight excluding hydrogens is 280 g/mol. The van der Waals surface area contributed by atoms with Gasteiger partial charge in [0, 0.05) is 29.8 Å². The van der Waals surface area contributed by atoms with E-state index in [4.69, 9.17) is 0 Å². The molecule has 1 amide bonds. The van der Waals surface area contributed by atoms with Gasteiger partial charge in [0.2, 0.25) is 0 Å². The number of nitrogens with zero attached hydrogens (tertiary/aromatic N) is 2. The van der Waals surface area contributed by atoms with Gasteiger partial charge >= 0.3 is 0 Å². The molecule has 0 saturated heterocycles. The van der Waals surface area contributed by atoms with Gasteiger partial charge in [-0.05, 0) is 12.1 Å². The summed E-state index contributed by atoms with van der Waals surface area (Å²) in [4.78, 5) is 26.9. The van der Waals surface area contributed by atoms with Crippen molar-refractivity contribution < 1.29 is 9.72 Å². The van der Waals surface area contributed by atoms with Crippen LogP contribution in [0.4, 0.5) is 11.4 Å². The van der Waals surface area contributed by atoms with Gasteiger partial charge in [0.05, 0.1) is 17.0 Å². The molecule has 0 saturated carbocycles.